The Morgan fingerprint density at radius 3 is 2.26 bits per heavy atom. The van der Waals surface area contributed by atoms with E-state index in [2.05, 4.69) is 15.4 Å². The zero-order chi connectivity index (χ0) is 25.6. The van der Waals surface area contributed by atoms with Gasteiger partial charge in [-0.05, 0) is 59.7 Å². The molecule has 2 atom stereocenters. The molecule has 0 aromatic heterocycles. The number of hydrogen-bond donors (Lipinski definition) is 5. The minimum Gasteiger partial charge on any atom is -0.506 e. The van der Waals surface area contributed by atoms with Crippen LogP contribution in [0.3, 0.4) is 0 Å². The van der Waals surface area contributed by atoms with Gasteiger partial charge in [0.1, 0.15) is 17.5 Å². The van der Waals surface area contributed by atoms with Gasteiger partial charge in [-0.25, -0.2) is 8.42 Å². The average Bonchev–Trinajstić information content (AvgIpc) is 2.81. The summed E-state index contributed by atoms with van der Waals surface area (Å²) in [7, 11) is -2.09. The highest BCUT2D eigenvalue weighted by Gasteiger charge is 2.23. The highest BCUT2D eigenvalue weighted by Crippen LogP contribution is 2.28. The summed E-state index contributed by atoms with van der Waals surface area (Å²) in [6, 6.07) is 16.8. The number of phenolic OH excluding ortho intramolecular Hbond substituents is 1. The van der Waals surface area contributed by atoms with Gasteiger partial charge in [0.05, 0.1) is 25.2 Å². The predicted molar refractivity (Wildman–Crippen MR) is 135 cm³/mol. The van der Waals surface area contributed by atoms with Crippen LogP contribution in [-0.2, 0) is 14.8 Å². The van der Waals surface area contributed by atoms with Gasteiger partial charge in [0.25, 0.3) is 0 Å². The SMILES string of the molecule is COc1ccc([C@@H](NC[C@@H](O)c2ccc(O)c(NS(C)(=O)=O)c2)C(=O)Nc2ccc(Cl)cc2)cc1. The van der Waals surface area contributed by atoms with Gasteiger partial charge in [-0.15, -0.1) is 0 Å². The minimum atomic E-state index is -3.63. The molecule has 11 heteroatoms. The maximum absolute atomic E-state index is 13.1. The number of sulfonamides is 1. The van der Waals surface area contributed by atoms with E-state index in [-0.39, 0.29) is 23.9 Å². The summed E-state index contributed by atoms with van der Waals surface area (Å²) >= 11 is 5.92. The van der Waals surface area contributed by atoms with E-state index in [4.69, 9.17) is 16.3 Å². The smallest absolute Gasteiger partial charge is 0.246 e. The molecule has 0 spiro atoms. The van der Waals surface area contributed by atoms with Crippen molar-refractivity contribution in [2.75, 3.05) is 29.9 Å². The number of nitrogens with one attached hydrogen (secondary N) is 3. The number of rotatable bonds is 10. The fourth-order valence-corrected chi connectivity index (χ4v) is 3.98. The van der Waals surface area contributed by atoms with Gasteiger partial charge < -0.3 is 20.3 Å². The third-order valence-electron chi connectivity index (χ3n) is 5.04. The van der Waals surface area contributed by atoms with Crippen LogP contribution in [0.2, 0.25) is 5.02 Å². The molecule has 0 saturated carbocycles. The molecule has 0 fully saturated rings. The number of methoxy groups -OCH3 is 1. The zero-order valence-electron chi connectivity index (χ0n) is 19.0. The summed E-state index contributed by atoms with van der Waals surface area (Å²) in [5, 5.41) is 27.1. The molecule has 3 rings (SSSR count). The number of aliphatic hydroxyl groups excluding tert-OH is 1. The molecular weight excluding hydrogens is 494 g/mol. The van der Waals surface area contributed by atoms with Gasteiger partial charge in [-0.2, -0.15) is 0 Å². The zero-order valence-corrected chi connectivity index (χ0v) is 20.6. The average molecular weight is 520 g/mol. The number of benzene rings is 3. The molecule has 9 nitrogen and oxygen atoms in total. The predicted octanol–water partition coefficient (Wildman–Crippen LogP) is 3.43. The summed E-state index contributed by atoms with van der Waals surface area (Å²) in [5.74, 6) is -0.0201. The second-order valence-corrected chi connectivity index (χ2v) is 9.96. The Hall–Kier alpha value is -3.31. The summed E-state index contributed by atoms with van der Waals surface area (Å²) < 4.78 is 30.5. The lowest BCUT2D eigenvalue weighted by atomic mass is 10.0. The van der Waals surface area contributed by atoms with Crippen LogP contribution in [0.15, 0.2) is 66.7 Å². The summed E-state index contributed by atoms with van der Waals surface area (Å²) in [6.45, 7) is -0.0478. The van der Waals surface area contributed by atoms with Gasteiger partial charge in [-0.3, -0.25) is 14.8 Å². The first-order valence-electron chi connectivity index (χ1n) is 10.5. The molecule has 0 saturated heterocycles. The number of aliphatic hydroxyl groups is 1. The number of ether oxygens (including phenoxy) is 1. The van der Waals surface area contributed by atoms with Gasteiger partial charge in [0.15, 0.2) is 0 Å². The van der Waals surface area contributed by atoms with E-state index in [1.54, 1.807) is 55.6 Å². The lowest BCUT2D eigenvalue weighted by Crippen LogP contribution is -2.35. The molecule has 35 heavy (non-hydrogen) atoms. The summed E-state index contributed by atoms with van der Waals surface area (Å²) in [4.78, 5) is 13.1. The van der Waals surface area contributed by atoms with E-state index in [1.807, 2.05) is 0 Å². The van der Waals surface area contributed by atoms with Gasteiger partial charge >= 0.3 is 0 Å². The second-order valence-electron chi connectivity index (χ2n) is 7.78. The third kappa shape index (κ3) is 7.59. The topological polar surface area (TPSA) is 137 Å². The maximum atomic E-state index is 13.1. The van der Waals surface area contributed by atoms with E-state index in [9.17, 15) is 23.4 Å². The standard InChI is InChI=1S/C24H26ClN3O6S/c1-34-19-10-3-15(4-11-19)23(24(31)27-18-8-6-17(25)7-9-18)26-14-22(30)16-5-12-21(29)20(13-16)28-35(2,32)33/h3-13,22-23,26,28-30H,14H2,1-2H3,(H,27,31)/t22-,23-/m1/s1. The molecule has 0 aliphatic heterocycles. The lowest BCUT2D eigenvalue weighted by Gasteiger charge is -2.22. The maximum Gasteiger partial charge on any atom is 0.246 e. The first kappa shape index (κ1) is 26.3. The first-order chi connectivity index (χ1) is 16.6. The van der Waals surface area contributed by atoms with Crippen LogP contribution >= 0.6 is 11.6 Å². The Morgan fingerprint density at radius 1 is 1.03 bits per heavy atom. The van der Waals surface area contributed by atoms with Crippen LogP contribution in [0.4, 0.5) is 11.4 Å². The van der Waals surface area contributed by atoms with Crippen molar-refractivity contribution >= 4 is 38.9 Å². The van der Waals surface area contributed by atoms with Gasteiger partial charge in [0, 0.05) is 17.3 Å². The third-order valence-corrected chi connectivity index (χ3v) is 5.88. The Kier molecular flexibility index (Phi) is 8.57. The number of amides is 1. The number of carbonyl (C=O) groups excluding carboxylic acids is 1. The van der Waals surface area contributed by atoms with E-state index in [0.29, 0.717) is 27.6 Å². The highest BCUT2D eigenvalue weighted by atomic mass is 35.5. The van der Waals surface area contributed by atoms with E-state index < -0.39 is 22.2 Å². The van der Waals surface area contributed by atoms with Crippen molar-refractivity contribution in [3.8, 4) is 11.5 Å². The lowest BCUT2D eigenvalue weighted by molar-refractivity contribution is -0.118. The van der Waals surface area contributed by atoms with E-state index in [1.165, 1.54) is 18.2 Å². The molecule has 0 unspecified atom stereocenters. The molecule has 0 bridgehead atoms. The van der Waals surface area contributed by atoms with Crippen molar-refractivity contribution in [3.63, 3.8) is 0 Å². The Labute approximate surface area is 208 Å². The van der Waals surface area contributed by atoms with Crippen LogP contribution in [-0.4, -0.2) is 44.4 Å². The van der Waals surface area contributed by atoms with Gasteiger partial charge in [0.2, 0.25) is 15.9 Å². The van der Waals surface area contributed by atoms with Crippen molar-refractivity contribution < 1.29 is 28.2 Å². The molecule has 186 valence electrons. The van der Waals surface area contributed by atoms with Crippen LogP contribution in [0.1, 0.15) is 23.3 Å². The van der Waals surface area contributed by atoms with Crippen molar-refractivity contribution in [2.45, 2.75) is 12.1 Å². The normalized spacial score (nSPS) is 13.0. The molecule has 0 heterocycles. The van der Waals surface area contributed by atoms with Crippen LogP contribution in [0, 0.1) is 0 Å². The molecule has 3 aromatic rings. The van der Waals surface area contributed by atoms with E-state index in [0.717, 1.165) is 6.26 Å². The second kappa shape index (κ2) is 11.4. The Morgan fingerprint density at radius 2 is 1.66 bits per heavy atom. The summed E-state index contributed by atoms with van der Waals surface area (Å²) in [5.41, 5.74) is 1.47. The quantitative estimate of drug-likeness (QED) is 0.259. The molecule has 5 N–H and O–H groups in total. The molecule has 3 aromatic carbocycles. The molecule has 1 amide bonds. The van der Waals surface area contributed by atoms with Crippen LogP contribution in [0.5, 0.6) is 11.5 Å². The molecule has 0 radical (unpaired) electrons. The number of anilines is 2. The Bertz CT molecular complexity index is 1270. The van der Waals surface area contributed by atoms with Gasteiger partial charge in [-0.1, -0.05) is 29.8 Å². The van der Waals surface area contributed by atoms with Crippen molar-refractivity contribution in [2.24, 2.45) is 0 Å². The monoisotopic (exact) mass is 519 g/mol. The first-order valence-corrected chi connectivity index (χ1v) is 12.7. The fraction of sp³-hybridized carbons (Fsp3) is 0.208. The minimum absolute atomic E-state index is 0.0478. The Balaban J connectivity index is 1.79. The molecule has 0 aliphatic rings. The van der Waals surface area contributed by atoms with Crippen molar-refractivity contribution in [3.05, 3.63) is 82.9 Å². The summed E-state index contributed by atoms with van der Waals surface area (Å²) in [6.07, 6.45) is -0.157. The number of halogens is 1. The number of hydrogen-bond acceptors (Lipinski definition) is 7. The molecular formula is C24H26ClN3O6S. The fourth-order valence-electron chi connectivity index (χ4n) is 3.30. The van der Waals surface area contributed by atoms with Crippen molar-refractivity contribution in [1.29, 1.82) is 0 Å². The highest BCUT2D eigenvalue weighted by molar-refractivity contribution is 7.92. The molecule has 0 aliphatic carbocycles. The van der Waals surface area contributed by atoms with E-state index >= 15 is 0 Å². The van der Waals surface area contributed by atoms with Crippen molar-refractivity contribution in [1.82, 2.24) is 5.32 Å². The van der Waals surface area contributed by atoms with Crippen LogP contribution in [0.25, 0.3) is 0 Å². The number of phenols is 1. The largest absolute Gasteiger partial charge is 0.506 e. The number of aromatic hydroxyl groups is 1. The van der Waals surface area contributed by atoms with Crippen LogP contribution < -0.4 is 20.1 Å². The number of carbonyl (C=O) groups is 1.